The fraction of sp³-hybridized carbons (Fsp3) is 0.231. The van der Waals surface area contributed by atoms with Crippen molar-refractivity contribution in [2.45, 2.75) is 12.8 Å². The molecule has 2 aromatic rings. The number of amides is 1. The summed E-state index contributed by atoms with van der Waals surface area (Å²) in [7, 11) is 0. The van der Waals surface area contributed by atoms with Gasteiger partial charge in [0.25, 0.3) is 0 Å². The van der Waals surface area contributed by atoms with Gasteiger partial charge in [-0.15, -0.1) is 0 Å². The number of rotatable bonds is 2. The van der Waals surface area contributed by atoms with Crippen LogP contribution in [-0.4, -0.2) is 17.6 Å². The van der Waals surface area contributed by atoms with Crippen molar-refractivity contribution in [3.05, 3.63) is 46.8 Å². The maximum atomic E-state index is 12.2. The fourth-order valence-corrected chi connectivity index (χ4v) is 2.40. The van der Waals surface area contributed by atoms with Crippen LogP contribution in [0.5, 0.6) is 0 Å². The van der Waals surface area contributed by atoms with E-state index in [0.29, 0.717) is 17.3 Å². The Balaban J connectivity index is 1.81. The van der Waals surface area contributed by atoms with E-state index in [1.165, 1.54) is 0 Å². The number of benzene rings is 1. The first-order valence-corrected chi connectivity index (χ1v) is 6.10. The molecule has 1 aromatic carbocycles. The van der Waals surface area contributed by atoms with E-state index >= 15 is 0 Å². The SMILES string of the molecule is O=C(Cc1ccno1)N1CCc2cc(Cl)ccc21. The molecule has 3 rings (SSSR count). The summed E-state index contributed by atoms with van der Waals surface area (Å²) in [5.74, 6) is 0.607. The molecule has 0 N–H and O–H groups in total. The van der Waals surface area contributed by atoms with Gasteiger partial charge in [-0.3, -0.25) is 4.79 Å². The summed E-state index contributed by atoms with van der Waals surface area (Å²) in [5, 5.41) is 4.30. The fourth-order valence-electron chi connectivity index (χ4n) is 2.21. The highest BCUT2D eigenvalue weighted by Gasteiger charge is 2.25. The maximum absolute atomic E-state index is 12.2. The topological polar surface area (TPSA) is 46.3 Å². The maximum Gasteiger partial charge on any atom is 0.234 e. The minimum atomic E-state index is 0.0211. The zero-order chi connectivity index (χ0) is 12.5. The van der Waals surface area contributed by atoms with Gasteiger partial charge in [-0.25, -0.2) is 0 Å². The van der Waals surface area contributed by atoms with Crippen molar-refractivity contribution in [2.75, 3.05) is 11.4 Å². The lowest BCUT2D eigenvalue weighted by molar-refractivity contribution is -0.118. The smallest absolute Gasteiger partial charge is 0.234 e. The standard InChI is InChI=1S/C13H11ClN2O2/c14-10-1-2-12-9(7-10)4-6-16(12)13(17)8-11-3-5-15-18-11/h1-3,5,7H,4,6,8H2. The number of hydrogen-bond acceptors (Lipinski definition) is 3. The third-order valence-electron chi connectivity index (χ3n) is 3.05. The summed E-state index contributed by atoms with van der Waals surface area (Å²) in [6, 6.07) is 7.32. The van der Waals surface area contributed by atoms with E-state index in [9.17, 15) is 4.79 Å². The van der Waals surface area contributed by atoms with Gasteiger partial charge in [0.1, 0.15) is 5.76 Å². The van der Waals surface area contributed by atoms with Gasteiger partial charge >= 0.3 is 0 Å². The Morgan fingerprint density at radius 2 is 2.33 bits per heavy atom. The molecule has 0 unspecified atom stereocenters. The van der Waals surface area contributed by atoms with Crippen LogP contribution in [0.2, 0.25) is 5.02 Å². The summed E-state index contributed by atoms with van der Waals surface area (Å²) in [4.78, 5) is 13.9. The quantitative estimate of drug-likeness (QED) is 0.835. The molecular formula is C13H11ClN2O2. The van der Waals surface area contributed by atoms with Crippen molar-refractivity contribution in [3.63, 3.8) is 0 Å². The van der Waals surface area contributed by atoms with E-state index in [2.05, 4.69) is 5.16 Å². The number of fused-ring (bicyclic) bond motifs is 1. The lowest BCUT2D eigenvalue weighted by Gasteiger charge is -2.16. The molecule has 18 heavy (non-hydrogen) atoms. The van der Waals surface area contributed by atoms with Crippen molar-refractivity contribution in [2.24, 2.45) is 0 Å². The van der Waals surface area contributed by atoms with Crippen LogP contribution < -0.4 is 4.90 Å². The Hall–Kier alpha value is -1.81. The highest BCUT2D eigenvalue weighted by Crippen LogP contribution is 2.30. The van der Waals surface area contributed by atoms with Gasteiger partial charge in [0.2, 0.25) is 5.91 Å². The average molecular weight is 263 g/mol. The van der Waals surface area contributed by atoms with E-state index in [0.717, 1.165) is 17.7 Å². The summed E-state index contributed by atoms with van der Waals surface area (Å²) >= 11 is 5.94. The molecule has 0 spiro atoms. The molecule has 0 aliphatic carbocycles. The van der Waals surface area contributed by atoms with E-state index in [1.54, 1.807) is 23.2 Å². The number of aromatic nitrogens is 1. The first-order valence-electron chi connectivity index (χ1n) is 5.72. The zero-order valence-corrected chi connectivity index (χ0v) is 10.4. The minimum absolute atomic E-state index is 0.0211. The highest BCUT2D eigenvalue weighted by molar-refractivity contribution is 6.30. The summed E-state index contributed by atoms with van der Waals surface area (Å²) in [6.07, 6.45) is 2.63. The van der Waals surface area contributed by atoms with Gasteiger partial charge in [0.15, 0.2) is 0 Å². The zero-order valence-electron chi connectivity index (χ0n) is 9.60. The summed E-state index contributed by atoms with van der Waals surface area (Å²) in [6.45, 7) is 0.697. The molecule has 92 valence electrons. The molecule has 0 bridgehead atoms. The number of anilines is 1. The third-order valence-corrected chi connectivity index (χ3v) is 3.29. The largest absolute Gasteiger partial charge is 0.361 e. The number of carbonyl (C=O) groups excluding carboxylic acids is 1. The number of halogens is 1. The van der Waals surface area contributed by atoms with Crippen LogP contribution >= 0.6 is 11.6 Å². The van der Waals surface area contributed by atoms with Gasteiger partial charge in [-0.2, -0.15) is 0 Å². The van der Waals surface area contributed by atoms with Crippen molar-refractivity contribution in [3.8, 4) is 0 Å². The van der Waals surface area contributed by atoms with Crippen molar-refractivity contribution < 1.29 is 9.32 Å². The predicted molar refractivity (Wildman–Crippen MR) is 67.7 cm³/mol. The highest BCUT2D eigenvalue weighted by atomic mass is 35.5. The molecule has 0 saturated heterocycles. The van der Waals surface area contributed by atoms with Crippen LogP contribution in [0.1, 0.15) is 11.3 Å². The molecule has 0 radical (unpaired) electrons. The van der Waals surface area contributed by atoms with E-state index in [1.807, 2.05) is 12.1 Å². The van der Waals surface area contributed by atoms with E-state index in [4.69, 9.17) is 16.1 Å². The first kappa shape index (κ1) is 11.3. The Morgan fingerprint density at radius 1 is 1.44 bits per heavy atom. The lowest BCUT2D eigenvalue weighted by Crippen LogP contribution is -2.30. The second-order valence-electron chi connectivity index (χ2n) is 4.22. The van der Waals surface area contributed by atoms with Crippen LogP contribution in [0.3, 0.4) is 0 Å². The molecule has 0 atom stereocenters. The van der Waals surface area contributed by atoms with Crippen LogP contribution in [-0.2, 0) is 17.6 Å². The van der Waals surface area contributed by atoms with Gasteiger partial charge < -0.3 is 9.42 Å². The average Bonchev–Trinajstić information content (AvgIpc) is 2.97. The first-order chi connectivity index (χ1) is 8.74. The molecule has 1 aromatic heterocycles. The molecule has 1 aliphatic rings. The molecule has 0 saturated carbocycles. The number of carbonyl (C=O) groups is 1. The minimum Gasteiger partial charge on any atom is -0.361 e. The van der Waals surface area contributed by atoms with E-state index < -0.39 is 0 Å². The van der Waals surface area contributed by atoms with Crippen molar-refractivity contribution in [1.82, 2.24) is 5.16 Å². The number of nitrogens with zero attached hydrogens (tertiary/aromatic N) is 2. The molecular weight excluding hydrogens is 252 g/mol. The van der Waals surface area contributed by atoms with Gasteiger partial charge in [0, 0.05) is 23.3 Å². The van der Waals surface area contributed by atoms with Gasteiger partial charge in [-0.1, -0.05) is 16.8 Å². The summed E-state index contributed by atoms with van der Waals surface area (Å²) in [5.41, 5.74) is 2.07. The second-order valence-corrected chi connectivity index (χ2v) is 4.66. The molecule has 1 aliphatic heterocycles. The van der Waals surface area contributed by atoms with E-state index in [-0.39, 0.29) is 12.3 Å². The monoisotopic (exact) mass is 262 g/mol. The van der Waals surface area contributed by atoms with Crippen LogP contribution in [0.4, 0.5) is 5.69 Å². The van der Waals surface area contributed by atoms with Crippen LogP contribution in [0.25, 0.3) is 0 Å². The Labute approximate surface area is 109 Å². The van der Waals surface area contributed by atoms with Crippen molar-refractivity contribution in [1.29, 1.82) is 0 Å². The lowest BCUT2D eigenvalue weighted by atomic mass is 10.2. The summed E-state index contributed by atoms with van der Waals surface area (Å²) < 4.78 is 4.95. The predicted octanol–water partition coefficient (Wildman–Crippen LogP) is 2.46. The number of hydrogen-bond donors (Lipinski definition) is 0. The Kier molecular flexibility index (Phi) is 2.80. The Morgan fingerprint density at radius 3 is 3.11 bits per heavy atom. The van der Waals surface area contributed by atoms with Gasteiger partial charge in [0.05, 0.1) is 12.6 Å². The molecule has 2 heterocycles. The molecule has 4 nitrogen and oxygen atoms in total. The third kappa shape index (κ3) is 1.99. The molecule has 1 amide bonds. The van der Waals surface area contributed by atoms with Gasteiger partial charge in [-0.05, 0) is 30.2 Å². The Bertz CT molecular complexity index is 581. The second kappa shape index (κ2) is 4.46. The molecule has 5 heteroatoms. The molecule has 0 fully saturated rings. The normalized spacial score (nSPS) is 13.7. The van der Waals surface area contributed by atoms with Crippen molar-refractivity contribution >= 4 is 23.2 Å². The van der Waals surface area contributed by atoms with Crippen LogP contribution in [0, 0.1) is 0 Å². The van der Waals surface area contributed by atoms with Crippen LogP contribution in [0.15, 0.2) is 35.0 Å².